The fourth-order valence-corrected chi connectivity index (χ4v) is 4.21. The molecule has 15 unspecified atom stereocenters. The van der Waals surface area contributed by atoms with E-state index < -0.39 is 112 Å². The van der Waals surface area contributed by atoms with Crippen molar-refractivity contribution < 1.29 is 79.5 Å². The Morgan fingerprint density at radius 3 is 1.43 bits per heavy atom. The lowest BCUT2D eigenvalue weighted by Crippen LogP contribution is -2.66. The smallest absolute Gasteiger partial charge is 0.187 e. The molecule has 3 aliphatic rings. The van der Waals surface area contributed by atoms with Crippen LogP contribution < -0.4 is 0 Å². The molecule has 15 atom stereocenters. The van der Waals surface area contributed by atoms with E-state index in [4.69, 9.17) is 28.4 Å². The van der Waals surface area contributed by atoms with E-state index >= 15 is 0 Å². The van der Waals surface area contributed by atoms with Gasteiger partial charge in [0.2, 0.25) is 0 Å². The molecule has 0 aromatic carbocycles. The van der Waals surface area contributed by atoms with Gasteiger partial charge in [-0.3, -0.25) is 0 Å². The van der Waals surface area contributed by atoms with Crippen molar-refractivity contribution in [2.45, 2.75) is 92.1 Å². The first-order chi connectivity index (χ1) is 16.6. The average Bonchev–Trinajstić information content (AvgIpc) is 2.86. The number of hydrogen-bond donors (Lipinski definition) is 10. The minimum Gasteiger partial charge on any atom is -0.394 e. The molecule has 16 nitrogen and oxygen atoms in total. The van der Waals surface area contributed by atoms with E-state index in [0.29, 0.717) is 0 Å². The second-order valence-corrected chi connectivity index (χ2v) is 8.55. The number of aliphatic hydroxyl groups excluding tert-OH is 10. The van der Waals surface area contributed by atoms with Crippen molar-refractivity contribution in [1.82, 2.24) is 0 Å². The maximum absolute atomic E-state index is 10.8. The quantitative estimate of drug-likeness (QED) is 0.143. The van der Waals surface area contributed by atoms with Crippen LogP contribution in [0.5, 0.6) is 0 Å². The molecule has 0 bridgehead atoms. The third-order valence-corrected chi connectivity index (χ3v) is 6.31. The van der Waals surface area contributed by atoms with Gasteiger partial charge in [-0.05, 0) is 0 Å². The Kier molecular flexibility index (Phi) is 10.1. The Labute approximate surface area is 199 Å². The van der Waals surface area contributed by atoms with Crippen molar-refractivity contribution in [1.29, 1.82) is 0 Å². The minimum atomic E-state index is -1.86. The van der Waals surface area contributed by atoms with E-state index in [-0.39, 0.29) is 0 Å². The molecule has 3 rings (SSSR count). The first kappa shape index (κ1) is 28.9. The SMILES string of the molecule is COC1OC(CO)C(O)C(O)C1OC1OC(CO)C(O)C(OC2OC(CO)C(O)C(O)C2O)C1O. The standard InChI is InChI=1S/C19H34O16/c1-30-19-16(12(27)9(24)6(3-21)33-19)35-18-14(29)15(10(25)7(4-22)32-18)34-17-13(28)11(26)8(23)5(2-20)31-17/h5-29H,2-4H2,1H3. The molecule has 3 aliphatic heterocycles. The summed E-state index contributed by atoms with van der Waals surface area (Å²) >= 11 is 0. The second-order valence-electron chi connectivity index (χ2n) is 8.55. The molecule has 0 aromatic rings. The normalized spacial score (nSPS) is 51.3. The molecule has 0 amide bonds. The molecule has 206 valence electrons. The first-order valence-electron chi connectivity index (χ1n) is 11.0. The Morgan fingerprint density at radius 2 is 0.914 bits per heavy atom. The highest BCUT2D eigenvalue weighted by Gasteiger charge is 2.53. The minimum absolute atomic E-state index is 0.638. The van der Waals surface area contributed by atoms with Crippen LogP contribution in [-0.4, -0.2) is 170 Å². The first-order valence-corrected chi connectivity index (χ1v) is 11.0. The van der Waals surface area contributed by atoms with Gasteiger partial charge in [0.1, 0.15) is 73.2 Å². The maximum Gasteiger partial charge on any atom is 0.187 e. The Balaban J connectivity index is 1.78. The van der Waals surface area contributed by atoms with Crippen molar-refractivity contribution in [3.05, 3.63) is 0 Å². The van der Waals surface area contributed by atoms with Crippen LogP contribution in [0.1, 0.15) is 0 Å². The van der Waals surface area contributed by atoms with Crippen LogP contribution in [-0.2, 0) is 28.4 Å². The van der Waals surface area contributed by atoms with Gasteiger partial charge in [0, 0.05) is 7.11 Å². The van der Waals surface area contributed by atoms with Crippen LogP contribution >= 0.6 is 0 Å². The topological polar surface area (TPSA) is 258 Å². The van der Waals surface area contributed by atoms with Gasteiger partial charge in [0.25, 0.3) is 0 Å². The summed E-state index contributed by atoms with van der Waals surface area (Å²) in [7, 11) is 1.20. The number of ether oxygens (including phenoxy) is 6. The van der Waals surface area contributed by atoms with Crippen LogP contribution in [0.2, 0.25) is 0 Å². The number of methoxy groups -OCH3 is 1. The van der Waals surface area contributed by atoms with Crippen LogP contribution in [0, 0.1) is 0 Å². The highest BCUT2D eigenvalue weighted by Crippen LogP contribution is 2.32. The van der Waals surface area contributed by atoms with Gasteiger partial charge < -0.3 is 79.5 Å². The number of rotatable bonds is 8. The summed E-state index contributed by atoms with van der Waals surface area (Å²) in [6.45, 7) is -2.17. The molecule has 3 saturated heterocycles. The molecular weight excluding hydrogens is 484 g/mol. The zero-order valence-corrected chi connectivity index (χ0v) is 18.7. The van der Waals surface area contributed by atoms with E-state index in [1.54, 1.807) is 0 Å². The van der Waals surface area contributed by atoms with Crippen LogP contribution in [0.4, 0.5) is 0 Å². The predicted molar refractivity (Wildman–Crippen MR) is 106 cm³/mol. The summed E-state index contributed by atoms with van der Waals surface area (Å²) in [4.78, 5) is 0. The highest BCUT2D eigenvalue weighted by atomic mass is 16.8. The average molecular weight is 518 g/mol. The molecule has 10 N–H and O–H groups in total. The van der Waals surface area contributed by atoms with E-state index in [1.807, 2.05) is 0 Å². The molecule has 0 saturated carbocycles. The molecule has 0 aromatic heterocycles. The summed E-state index contributed by atoms with van der Waals surface area (Å²) in [5, 5.41) is 100. The number of aliphatic hydroxyl groups is 10. The third-order valence-electron chi connectivity index (χ3n) is 6.31. The van der Waals surface area contributed by atoms with E-state index in [0.717, 1.165) is 0 Å². The summed E-state index contributed by atoms with van der Waals surface area (Å²) in [5.41, 5.74) is 0. The van der Waals surface area contributed by atoms with Crippen molar-refractivity contribution in [2.24, 2.45) is 0 Å². The second kappa shape index (κ2) is 12.3. The number of hydrogen-bond acceptors (Lipinski definition) is 16. The zero-order chi connectivity index (χ0) is 26.0. The lowest BCUT2D eigenvalue weighted by atomic mass is 9.96. The van der Waals surface area contributed by atoms with Crippen LogP contribution in [0.3, 0.4) is 0 Å². The van der Waals surface area contributed by atoms with E-state index in [1.165, 1.54) is 7.11 Å². The fraction of sp³-hybridized carbons (Fsp3) is 1.00. The van der Waals surface area contributed by atoms with Gasteiger partial charge >= 0.3 is 0 Å². The largest absolute Gasteiger partial charge is 0.394 e. The Morgan fingerprint density at radius 1 is 0.486 bits per heavy atom. The fourth-order valence-electron chi connectivity index (χ4n) is 4.21. The van der Waals surface area contributed by atoms with Gasteiger partial charge in [-0.1, -0.05) is 0 Å². The van der Waals surface area contributed by atoms with Gasteiger partial charge in [-0.25, -0.2) is 0 Å². The van der Waals surface area contributed by atoms with Gasteiger partial charge in [0.05, 0.1) is 19.8 Å². The van der Waals surface area contributed by atoms with Crippen LogP contribution in [0.15, 0.2) is 0 Å². The summed E-state index contributed by atoms with van der Waals surface area (Å²) in [6, 6.07) is 0. The van der Waals surface area contributed by atoms with Gasteiger partial charge in [-0.2, -0.15) is 0 Å². The monoisotopic (exact) mass is 518 g/mol. The molecular formula is C19H34O16. The molecule has 3 heterocycles. The van der Waals surface area contributed by atoms with E-state index in [2.05, 4.69) is 0 Å². The lowest BCUT2D eigenvalue weighted by Gasteiger charge is -2.48. The Bertz CT molecular complexity index is 652. The van der Waals surface area contributed by atoms with Gasteiger partial charge in [0.15, 0.2) is 18.9 Å². The Hall–Kier alpha value is -0.640. The molecule has 0 aliphatic carbocycles. The van der Waals surface area contributed by atoms with Crippen LogP contribution in [0.25, 0.3) is 0 Å². The molecule has 3 fully saturated rings. The molecule has 35 heavy (non-hydrogen) atoms. The van der Waals surface area contributed by atoms with Crippen molar-refractivity contribution in [3.63, 3.8) is 0 Å². The van der Waals surface area contributed by atoms with Gasteiger partial charge in [-0.15, -0.1) is 0 Å². The lowest BCUT2D eigenvalue weighted by molar-refractivity contribution is -0.384. The zero-order valence-electron chi connectivity index (χ0n) is 18.7. The highest BCUT2D eigenvalue weighted by molar-refractivity contribution is 4.96. The van der Waals surface area contributed by atoms with Crippen molar-refractivity contribution >= 4 is 0 Å². The molecule has 0 radical (unpaired) electrons. The van der Waals surface area contributed by atoms with E-state index in [9.17, 15) is 51.1 Å². The van der Waals surface area contributed by atoms with Crippen molar-refractivity contribution in [3.8, 4) is 0 Å². The predicted octanol–water partition coefficient (Wildman–Crippen LogP) is -6.92. The summed E-state index contributed by atoms with van der Waals surface area (Å²) < 4.78 is 32.1. The summed E-state index contributed by atoms with van der Waals surface area (Å²) in [5.74, 6) is 0. The van der Waals surface area contributed by atoms with Crippen molar-refractivity contribution in [2.75, 3.05) is 26.9 Å². The summed E-state index contributed by atoms with van der Waals surface area (Å²) in [6.07, 6.45) is -24.0. The third kappa shape index (κ3) is 5.78. The molecule has 0 spiro atoms. The maximum atomic E-state index is 10.8. The molecule has 16 heteroatoms.